The molecule has 1 aromatic rings. The molecule has 11 heavy (non-hydrogen) atoms. The summed E-state index contributed by atoms with van der Waals surface area (Å²) in [5.41, 5.74) is -0.00120. The van der Waals surface area contributed by atoms with Gasteiger partial charge in [-0.05, 0) is 12.8 Å². The molecule has 0 fully saturated rings. The van der Waals surface area contributed by atoms with Gasteiger partial charge in [0.25, 0.3) is 0 Å². The Kier molecular flexibility index (Phi) is 1.42. The lowest BCUT2D eigenvalue weighted by Gasteiger charge is -2.07. The second kappa shape index (κ2) is 2.42. The Balaban J connectivity index is 2.30. The maximum Gasteiger partial charge on any atom is 0.325 e. The van der Waals surface area contributed by atoms with Crippen LogP contribution in [0.15, 0.2) is 29.3 Å². The van der Waals surface area contributed by atoms with Crippen LogP contribution in [0.5, 0.6) is 0 Å². The standard InChI is InChI=1S/C8H10N2O/c11-8-9-5-6-10(8)7-3-1-2-4-7/h1-2,5-7H,3-4H2,(H,9,11). The summed E-state index contributed by atoms with van der Waals surface area (Å²) in [5.74, 6) is 0. The number of hydrogen-bond acceptors (Lipinski definition) is 1. The van der Waals surface area contributed by atoms with Crippen LogP contribution in [0.4, 0.5) is 0 Å². The number of nitrogens with one attached hydrogen (secondary N) is 1. The van der Waals surface area contributed by atoms with Crippen molar-refractivity contribution in [1.29, 1.82) is 0 Å². The minimum atomic E-state index is -0.00120. The molecule has 0 amide bonds. The van der Waals surface area contributed by atoms with Gasteiger partial charge >= 0.3 is 5.69 Å². The molecule has 0 radical (unpaired) electrons. The summed E-state index contributed by atoms with van der Waals surface area (Å²) < 4.78 is 1.75. The first-order valence-corrected chi connectivity index (χ1v) is 3.78. The van der Waals surface area contributed by atoms with E-state index in [2.05, 4.69) is 17.1 Å². The first kappa shape index (κ1) is 6.46. The van der Waals surface area contributed by atoms with Crippen LogP contribution in [-0.4, -0.2) is 9.55 Å². The van der Waals surface area contributed by atoms with Crippen molar-refractivity contribution in [3.05, 3.63) is 35.0 Å². The van der Waals surface area contributed by atoms with Gasteiger partial charge in [-0.15, -0.1) is 0 Å². The number of imidazole rings is 1. The summed E-state index contributed by atoms with van der Waals surface area (Å²) in [6, 6.07) is 0.355. The molecule has 1 aromatic heterocycles. The zero-order valence-corrected chi connectivity index (χ0v) is 6.16. The lowest BCUT2D eigenvalue weighted by Crippen LogP contribution is -2.19. The summed E-state index contributed by atoms with van der Waals surface area (Å²) in [6.45, 7) is 0. The van der Waals surface area contributed by atoms with Gasteiger partial charge in [0.2, 0.25) is 0 Å². The summed E-state index contributed by atoms with van der Waals surface area (Å²) in [7, 11) is 0. The quantitative estimate of drug-likeness (QED) is 0.597. The molecule has 0 atom stereocenters. The summed E-state index contributed by atoms with van der Waals surface area (Å²) in [5, 5.41) is 0. The number of hydrogen-bond donors (Lipinski definition) is 1. The number of nitrogens with zero attached hydrogens (tertiary/aromatic N) is 1. The van der Waals surface area contributed by atoms with Crippen LogP contribution >= 0.6 is 0 Å². The van der Waals surface area contributed by atoms with Crippen molar-refractivity contribution in [2.24, 2.45) is 0 Å². The lowest BCUT2D eigenvalue weighted by molar-refractivity contribution is 0.520. The third kappa shape index (κ3) is 1.02. The van der Waals surface area contributed by atoms with Gasteiger partial charge in [0.15, 0.2) is 0 Å². The second-order valence-electron chi connectivity index (χ2n) is 2.77. The molecule has 0 aromatic carbocycles. The van der Waals surface area contributed by atoms with Gasteiger partial charge in [0.05, 0.1) is 0 Å². The van der Waals surface area contributed by atoms with Crippen LogP contribution in [0.1, 0.15) is 18.9 Å². The fraction of sp³-hybridized carbons (Fsp3) is 0.375. The molecule has 0 aliphatic heterocycles. The average molecular weight is 150 g/mol. The maximum absolute atomic E-state index is 11.1. The van der Waals surface area contributed by atoms with Gasteiger partial charge in [0, 0.05) is 18.4 Å². The van der Waals surface area contributed by atoms with E-state index in [-0.39, 0.29) is 5.69 Å². The van der Waals surface area contributed by atoms with Gasteiger partial charge in [-0.3, -0.25) is 4.57 Å². The molecule has 1 aliphatic carbocycles. The van der Waals surface area contributed by atoms with Crippen molar-refractivity contribution in [1.82, 2.24) is 9.55 Å². The Labute approximate surface area is 64.4 Å². The predicted molar refractivity (Wildman–Crippen MR) is 42.5 cm³/mol. The fourth-order valence-corrected chi connectivity index (χ4v) is 1.45. The average Bonchev–Trinajstić information content (AvgIpc) is 2.55. The number of aromatic amines is 1. The van der Waals surface area contributed by atoms with Crippen molar-refractivity contribution in [3.8, 4) is 0 Å². The summed E-state index contributed by atoms with van der Waals surface area (Å²) in [6.07, 6.45) is 9.68. The van der Waals surface area contributed by atoms with Gasteiger partial charge in [-0.1, -0.05) is 12.2 Å². The van der Waals surface area contributed by atoms with E-state index in [1.165, 1.54) is 0 Å². The first-order chi connectivity index (χ1) is 5.38. The Morgan fingerprint density at radius 3 is 2.73 bits per heavy atom. The van der Waals surface area contributed by atoms with Crippen molar-refractivity contribution < 1.29 is 0 Å². The SMILES string of the molecule is O=c1[nH]ccn1C1CC=CC1. The van der Waals surface area contributed by atoms with Gasteiger partial charge < -0.3 is 4.98 Å². The summed E-state index contributed by atoms with van der Waals surface area (Å²) >= 11 is 0. The third-order valence-electron chi connectivity index (χ3n) is 2.05. The third-order valence-corrected chi connectivity index (χ3v) is 2.05. The van der Waals surface area contributed by atoms with Gasteiger partial charge in [-0.25, -0.2) is 4.79 Å². The van der Waals surface area contributed by atoms with Gasteiger partial charge in [-0.2, -0.15) is 0 Å². The van der Waals surface area contributed by atoms with Crippen LogP contribution in [0.2, 0.25) is 0 Å². The molecule has 0 spiro atoms. The Morgan fingerprint density at radius 2 is 2.18 bits per heavy atom. The molecule has 3 nitrogen and oxygen atoms in total. The highest BCUT2D eigenvalue weighted by atomic mass is 16.1. The molecule has 3 heteroatoms. The van der Waals surface area contributed by atoms with E-state index < -0.39 is 0 Å². The minimum Gasteiger partial charge on any atom is -0.313 e. The van der Waals surface area contributed by atoms with E-state index in [0.29, 0.717) is 6.04 Å². The fourth-order valence-electron chi connectivity index (χ4n) is 1.45. The molecule has 1 N–H and O–H groups in total. The first-order valence-electron chi connectivity index (χ1n) is 3.78. The summed E-state index contributed by atoms with van der Waals surface area (Å²) in [4.78, 5) is 13.7. The van der Waals surface area contributed by atoms with Crippen LogP contribution in [0.3, 0.4) is 0 Å². The minimum absolute atomic E-state index is 0.00120. The molecule has 0 saturated heterocycles. The van der Waals surface area contributed by atoms with E-state index in [1.807, 2.05) is 0 Å². The number of rotatable bonds is 1. The molecule has 2 rings (SSSR count). The molecule has 0 saturated carbocycles. The highest BCUT2D eigenvalue weighted by Gasteiger charge is 2.12. The second-order valence-corrected chi connectivity index (χ2v) is 2.77. The molecular formula is C8H10N2O. The number of allylic oxidation sites excluding steroid dienone is 2. The van der Waals surface area contributed by atoms with E-state index in [1.54, 1.807) is 17.0 Å². The molecular weight excluding hydrogens is 140 g/mol. The lowest BCUT2D eigenvalue weighted by atomic mass is 10.2. The van der Waals surface area contributed by atoms with E-state index >= 15 is 0 Å². The topological polar surface area (TPSA) is 37.8 Å². The van der Waals surface area contributed by atoms with Crippen molar-refractivity contribution in [2.45, 2.75) is 18.9 Å². The Bertz CT molecular complexity index is 313. The maximum atomic E-state index is 11.1. The normalized spacial score (nSPS) is 17.8. The molecule has 58 valence electrons. The van der Waals surface area contributed by atoms with Crippen LogP contribution in [-0.2, 0) is 0 Å². The van der Waals surface area contributed by atoms with E-state index in [0.717, 1.165) is 12.8 Å². The molecule has 1 aliphatic rings. The molecule has 0 unspecified atom stereocenters. The van der Waals surface area contributed by atoms with Crippen molar-refractivity contribution in [3.63, 3.8) is 0 Å². The number of aromatic nitrogens is 2. The number of H-pyrrole nitrogens is 1. The van der Waals surface area contributed by atoms with Crippen LogP contribution in [0, 0.1) is 0 Å². The monoisotopic (exact) mass is 150 g/mol. The Morgan fingerprint density at radius 1 is 1.45 bits per heavy atom. The Hall–Kier alpha value is -1.25. The highest BCUT2D eigenvalue weighted by Crippen LogP contribution is 2.20. The zero-order valence-electron chi connectivity index (χ0n) is 6.16. The molecule has 1 heterocycles. The van der Waals surface area contributed by atoms with Gasteiger partial charge in [0.1, 0.15) is 0 Å². The highest BCUT2D eigenvalue weighted by molar-refractivity contribution is 4.98. The zero-order chi connectivity index (χ0) is 7.68. The van der Waals surface area contributed by atoms with Crippen LogP contribution in [0.25, 0.3) is 0 Å². The smallest absolute Gasteiger partial charge is 0.313 e. The van der Waals surface area contributed by atoms with Crippen LogP contribution < -0.4 is 5.69 Å². The van der Waals surface area contributed by atoms with Crippen molar-refractivity contribution >= 4 is 0 Å². The molecule has 0 bridgehead atoms. The van der Waals surface area contributed by atoms with E-state index in [9.17, 15) is 4.79 Å². The van der Waals surface area contributed by atoms with E-state index in [4.69, 9.17) is 0 Å². The predicted octanol–water partition coefficient (Wildman–Crippen LogP) is 1.07. The van der Waals surface area contributed by atoms with Crippen molar-refractivity contribution in [2.75, 3.05) is 0 Å². The largest absolute Gasteiger partial charge is 0.325 e.